The van der Waals surface area contributed by atoms with E-state index in [1.54, 1.807) is 7.11 Å². The van der Waals surface area contributed by atoms with Crippen LogP contribution in [-0.2, 0) is 9.47 Å². The number of aliphatic hydroxyl groups is 2. The van der Waals surface area contributed by atoms with E-state index in [0.717, 1.165) is 12.8 Å². The predicted molar refractivity (Wildman–Crippen MR) is 78.7 cm³/mol. The van der Waals surface area contributed by atoms with E-state index in [-0.39, 0.29) is 12.6 Å². The molecule has 4 unspecified atom stereocenters. The maximum absolute atomic E-state index is 9.94. The second-order valence-corrected chi connectivity index (χ2v) is 5.72. The van der Waals surface area contributed by atoms with Crippen LogP contribution in [0.4, 0.5) is 0 Å². The predicted octanol–water partition coefficient (Wildman–Crippen LogP) is 0.930. The Morgan fingerprint density at radius 1 is 1.25 bits per heavy atom. The molecular formula is C15H31NO4. The van der Waals surface area contributed by atoms with E-state index >= 15 is 0 Å². The lowest BCUT2D eigenvalue weighted by atomic mass is 9.85. The average molecular weight is 289 g/mol. The van der Waals surface area contributed by atoms with Crippen molar-refractivity contribution in [3.63, 3.8) is 0 Å². The molecule has 4 atom stereocenters. The van der Waals surface area contributed by atoms with E-state index < -0.39 is 6.10 Å². The Labute approximate surface area is 122 Å². The first kappa shape index (κ1) is 17.9. The summed E-state index contributed by atoms with van der Waals surface area (Å²) in [6.07, 6.45) is 5.81. The Morgan fingerprint density at radius 3 is 2.65 bits per heavy atom. The fourth-order valence-electron chi connectivity index (χ4n) is 2.83. The molecule has 0 radical (unpaired) electrons. The average Bonchev–Trinajstić information content (AvgIpc) is 2.49. The van der Waals surface area contributed by atoms with Gasteiger partial charge in [-0.3, -0.25) is 0 Å². The summed E-state index contributed by atoms with van der Waals surface area (Å²) in [6.45, 7) is 3.42. The molecule has 0 aromatic rings. The molecule has 0 amide bonds. The summed E-state index contributed by atoms with van der Waals surface area (Å²) in [5.41, 5.74) is 0. The molecular weight excluding hydrogens is 258 g/mol. The number of ether oxygens (including phenoxy) is 2. The lowest BCUT2D eigenvalue weighted by molar-refractivity contribution is -0.0510. The van der Waals surface area contributed by atoms with Crippen LogP contribution in [0.25, 0.3) is 0 Å². The molecule has 0 heterocycles. The Bertz CT molecular complexity index is 240. The third kappa shape index (κ3) is 6.50. The smallest absolute Gasteiger partial charge is 0.0897 e. The SMILES string of the molecule is CCC1CCCCC1OCC(O)CNC(CO)COC. The lowest BCUT2D eigenvalue weighted by Gasteiger charge is -2.31. The van der Waals surface area contributed by atoms with Gasteiger partial charge in [-0.1, -0.05) is 26.2 Å². The van der Waals surface area contributed by atoms with Crippen LogP contribution < -0.4 is 5.32 Å². The molecule has 1 saturated carbocycles. The minimum Gasteiger partial charge on any atom is -0.395 e. The molecule has 3 N–H and O–H groups in total. The van der Waals surface area contributed by atoms with Gasteiger partial charge < -0.3 is 25.0 Å². The van der Waals surface area contributed by atoms with Crippen molar-refractivity contribution in [2.45, 2.75) is 57.3 Å². The van der Waals surface area contributed by atoms with Gasteiger partial charge in [0.2, 0.25) is 0 Å². The Hall–Kier alpha value is -0.200. The van der Waals surface area contributed by atoms with Crippen LogP contribution in [0.15, 0.2) is 0 Å². The second-order valence-electron chi connectivity index (χ2n) is 5.72. The molecule has 1 aliphatic carbocycles. The van der Waals surface area contributed by atoms with Crippen LogP contribution >= 0.6 is 0 Å². The summed E-state index contributed by atoms with van der Waals surface area (Å²) >= 11 is 0. The molecule has 0 bridgehead atoms. The van der Waals surface area contributed by atoms with E-state index in [0.29, 0.717) is 31.8 Å². The van der Waals surface area contributed by atoms with Gasteiger partial charge in [0.1, 0.15) is 0 Å². The summed E-state index contributed by atoms with van der Waals surface area (Å²) in [4.78, 5) is 0. The summed E-state index contributed by atoms with van der Waals surface area (Å²) < 4.78 is 10.9. The summed E-state index contributed by atoms with van der Waals surface area (Å²) in [5, 5.41) is 22.1. The molecule has 20 heavy (non-hydrogen) atoms. The summed E-state index contributed by atoms with van der Waals surface area (Å²) in [6, 6.07) is -0.132. The molecule has 0 aromatic carbocycles. The highest BCUT2D eigenvalue weighted by Gasteiger charge is 2.24. The highest BCUT2D eigenvalue weighted by atomic mass is 16.5. The molecule has 120 valence electrons. The zero-order valence-electron chi connectivity index (χ0n) is 12.9. The molecule has 5 heteroatoms. The number of aliphatic hydroxyl groups excluding tert-OH is 2. The lowest BCUT2D eigenvalue weighted by Crippen LogP contribution is -2.42. The second kappa shape index (κ2) is 10.5. The van der Waals surface area contributed by atoms with E-state index in [9.17, 15) is 5.11 Å². The minimum absolute atomic E-state index is 0.00194. The van der Waals surface area contributed by atoms with Gasteiger partial charge in [0.05, 0.1) is 38.1 Å². The maximum Gasteiger partial charge on any atom is 0.0897 e. The Kier molecular flexibility index (Phi) is 9.39. The fourth-order valence-corrected chi connectivity index (χ4v) is 2.83. The van der Waals surface area contributed by atoms with Crippen molar-refractivity contribution in [3.05, 3.63) is 0 Å². The van der Waals surface area contributed by atoms with Crippen LogP contribution in [0.5, 0.6) is 0 Å². The number of hydrogen-bond acceptors (Lipinski definition) is 5. The van der Waals surface area contributed by atoms with Crippen LogP contribution in [0.3, 0.4) is 0 Å². The first-order chi connectivity index (χ1) is 9.71. The van der Waals surface area contributed by atoms with E-state index in [1.165, 1.54) is 19.3 Å². The number of rotatable bonds is 10. The van der Waals surface area contributed by atoms with Gasteiger partial charge >= 0.3 is 0 Å². The monoisotopic (exact) mass is 289 g/mol. The highest BCUT2D eigenvalue weighted by molar-refractivity contribution is 4.76. The van der Waals surface area contributed by atoms with Gasteiger partial charge in [-0.05, 0) is 18.8 Å². The maximum atomic E-state index is 9.94. The van der Waals surface area contributed by atoms with Crippen molar-refractivity contribution in [2.75, 3.05) is 33.5 Å². The van der Waals surface area contributed by atoms with Crippen molar-refractivity contribution in [1.82, 2.24) is 5.32 Å². The Balaban J connectivity index is 2.19. The standard InChI is InChI=1S/C15H31NO4/c1-3-12-6-4-5-7-15(12)20-11-14(18)8-16-13(9-17)10-19-2/h12-18H,3-11H2,1-2H3. The zero-order valence-corrected chi connectivity index (χ0v) is 12.9. The normalized spacial score (nSPS) is 26.4. The quantitative estimate of drug-likeness (QED) is 0.558. The third-order valence-electron chi connectivity index (χ3n) is 4.10. The molecule has 0 aliphatic heterocycles. The topological polar surface area (TPSA) is 71.0 Å². The molecule has 1 fully saturated rings. The van der Waals surface area contributed by atoms with Crippen molar-refractivity contribution < 1.29 is 19.7 Å². The van der Waals surface area contributed by atoms with Crippen LogP contribution in [-0.4, -0.2) is 61.9 Å². The van der Waals surface area contributed by atoms with E-state index in [1.807, 2.05) is 0 Å². The van der Waals surface area contributed by atoms with Crippen molar-refractivity contribution >= 4 is 0 Å². The number of nitrogens with one attached hydrogen (secondary N) is 1. The van der Waals surface area contributed by atoms with Gasteiger partial charge in [0, 0.05) is 13.7 Å². The first-order valence-electron chi connectivity index (χ1n) is 7.84. The van der Waals surface area contributed by atoms with Gasteiger partial charge in [-0.2, -0.15) is 0 Å². The van der Waals surface area contributed by atoms with Crippen molar-refractivity contribution in [1.29, 1.82) is 0 Å². The van der Waals surface area contributed by atoms with E-state index in [2.05, 4.69) is 12.2 Å². The third-order valence-corrected chi connectivity index (χ3v) is 4.10. The number of methoxy groups -OCH3 is 1. The van der Waals surface area contributed by atoms with Crippen LogP contribution in [0, 0.1) is 5.92 Å². The zero-order chi connectivity index (χ0) is 14.8. The molecule has 1 aliphatic rings. The minimum atomic E-state index is -0.541. The Morgan fingerprint density at radius 2 is 2.00 bits per heavy atom. The first-order valence-corrected chi connectivity index (χ1v) is 7.84. The van der Waals surface area contributed by atoms with Crippen LogP contribution in [0.2, 0.25) is 0 Å². The summed E-state index contributed by atoms with van der Waals surface area (Å²) in [7, 11) is 1.60. The molecule has 0 aromatic heterocycles. The van der Waals surface area contributed by atoms with Gasteiger partial charge in [-0.15, -0.1) is 0 Å². The van der Waals surface area contributed by atoms with Gasteiger partial charge in [0.15, 0.2) is 0 Å². The highest BCUT2D eigenvalue weighted by Crippen LogP contribution is 2.29. The summed E-state index contributed by atoms with van der Waals surface area (Å²) in [5.74, 6) is 0.641. The molecule has 0 saturated heterocycles. The molecule has 0 spiro atoms. The van der Waals surface area contributed by atoms with Crippen molar-refractivity contribution in [3.8, 4) is 0 Å². The van der Waals surface area contributed by atoms with Gasteiger partial charge in [0.25, 0.3) is 0 Å². The van der Waals surface area contributed by atoms with Crippen LogP contribution in [0.1, 0.15) is 39.0 Å². The van der Waals surface area contributed by atoms with E-state index in [4.69, 9.17) is 14.6 Å². The fraction of sp³-hybridized carbons (Fsp3) is 1.00. The van der Waals surface area contributed by atoms with Crippen molar-refractivity contribution in [2.24, 2.45) is 5.92 Å². The molecule has 1 rings (SSSR count). The largest absolute Gasteiger partial charge is 0.395 e. The molecule has 5 nitrogen and oxygen atoms in total. The van der Waals surface area contributed by atoms with Gasteiger partial charge in [-0.25, -0.2) is 0 Å². The number of hydrogen-bond donors (Lipinski definition) is 3.